The Morgan fingerprint density at radius 1 is 0.909 bits per heavy atom. The normalized spacial score (nSPS) is 28.4. The molecule has 33 heavy (non-hydrogen) atoms. The van der Waals surface area contributed by atoms with Crippen molar-refractivity contribution in [2.45, 2.75) is 64.8 Å². The van der Waals surface area contributed by atoms with Gasteiger partial charge in [0.05, 0.1) is 0 Å². The Morgan fingerprint density at radius 2 is 1.48 bits per heavy atom. The van der Waals surface area contributed by atoms with Gasteiger partial charge in [-0.25, -0.2) is 5.43 Å². The fourth-order valence-corrected chi connectivity index (χ4v) is 7.25. The van der Waals surface area contributed by atoms with Gasteiger partial charge in [0.1, 0.15) is 6.04 Å². The summed E-state index contributed by atoms with van der Waals surface area (Å²) in [5.41, 5.74) is 9.89. The van der Waals surface area contributed by atoms with Crippen LogP contribution in [0.2, 0.25) is 0 Å². The van der Waals surface area contributed by atoms with Gasteiger partial charge in [-0.1, -0.05) is 36.4 Å². The minimum Gasteiger partial charge on any atom is -0.324 e. The summed E-state index contributed by atoms with van der Waals surface area (Å²) >= 11 is 0. The summed E-state index contributed by atoms with van der Waals surface area (Å²) in [6.45, 7) is 4.03. The van der Waals surface area contributed by atoms with Gasteiger partial charge in [0, 0.05) is 12.1 Å². The molecular formula is C28H35N3O2. The molecule has 5 heteroatoms. The third kappa shape index (κ3) is 4.98. The number of hydrogen-bond donors (Lipinski definition) is 3. The molecule has 4 aliphatic rings. The number of nitrogens with one attached hydrogen (secondary N) is 3. The van der Waals surface area contributed by atoms with Crippen LogP contribution in [0.25, 0.3) is 0 Å². The quantitative estimate of drug-likeness (QED) is 0.512. The fourth-order valence-electron chi connectivity index (χ4n) is 7.25. The maximum absolute atomic E-state index is 13.2. The van der Waals surface area contributed by atoms with Crippen LogP contribution in [-0.4, -0.2) is 11.8 Å². The van der Waals surface area contributed by atoms with Crippen molar-refractivity contribution in [3.63, 3.8) is 0 Å². The SMILES string of the molecule is Cc1cc(C)cc(NC(=O)[C@H](NNC(=O)CC23CC4CC(CC(C4)C2)C3)c2ccccc2)c1. The molecular weight excluding hydrogens is 410 g/mol. The largest absolute Gasteiger partial charge is 0.324 e. The number of benzene rings is 2. The first-order valence-electron chi connectivity index (χ1n) is 12.4. The summed E-state index contributed by atoms with van der Waals surface area (Å²) in [4.78, 5) is 26.3. The number of hydrazine groups is 1. The fraction of sp³-hybridized carbons (Fsp3) is 0.500. The molecule has 0 radical (unpaired) electrons. The standard InChI is InChI=1S/C28H35N3O2/c1-18-8-19(2)10-24(9-18)29-27(33)26(23-6-4-3-5-7-23)31-30-25(32)17-28-14-20-11-21(15-28)13-22(12-20)16-28/h3-10,20-22,26,31H,11-17H2,1-2H3,(H,29,33)(H,30,32)/t20?,21?,22?,26-,28?/m1/s1. The van der Waals surface area contributed by atoms with E-state index in [-0.39, 0.29) is 17.2 Å². The first-order valence-corrected chi connectivity index (χ1v) is 12.4. The number of anilines is 1. The van der Waals surface area contributed by atoms with Crippen LogP contribution < -0.4 is 16.2 Å². The van der Waals surface area contributed by atoms with Crippen LogP contribution in [0.4, 0.5) is 5.69 Å². The van der Waals surface area contributed by atoms with Crippen molar-refractivity contribution in [3.8, 4) is 0 Å². The van der Waals surface area contributed by atoms with E-state index < -0.39 is 6.04 Å². The number of aryl methyl sites for hydroxylation is 2. The van der Waals surface area contributed by atoms with Crippen LogP contribution in [0.1, 0.15) is 67.7 Å². The van der Waals surface area contributed by atoms with Crippen molar-refractivity contribution in [1.29, 1.82) is 0 Å². The molecule has 1 atom stereocenters. The van der Waals surface area contributed by atoms with Crippen molar-refractivity contribution in [1.82, 2.24) is 10.9 Å². The molecule has 4 fully saturated rings. The lowest BCUT2D eigenvalue weighted by Gasteiger charge is -2.56. The molecule has 0 aromatic heterocycles. The van der Waals surface area contributed by atoms with Gasteiger partial charge in [0.2, 0.25) is 11.8 Å². The molecule has 0 unspecified atom stereocenters. The van der Waals surface area contributed by atoms with E-state index in [2.05, 4.69) is 22.2 Å². The molecule has 0 saturated heterocycles. The highest BCUT2D eigenvalue weighted by Crippen LogP contribution is 2.61. The van der Waals surface area contributed by atoms with E-state index in [4.69, 9.17) is 0 Å². The molecule has 3 N–H and O–H groups in total. The zero-order valence-electron chi connectivity index (χ0n) is 19.7. The van der Waals surface area contributed by atoms with Crippen LogP contribution in [0.3, 0.4) is 0 Å². The lowest BCUT2D eigenvalue weighted by Crippen LogP contribution is -2.50. The van der Waals surface area contributed by atoms with Crippen molar-refractivity contribution < 1.29 is 9.59 Å². The van der Waals surface area contributed by atoms with E-state index in [1.54, 1.807) is 0 Å². The summed E-state index contributed by atoms with van der Waals surface area (Å²) in [5, 5.41) is 3.02. The van der Waals surface area contributed by atoms with E-state index in [0.717, 1.165) is 40.1 Å². The van der Waals surface area contributed by atoms with E-state index in [1.165, 1.54) is 38.5 Å². The molecule has 0 aliphatic heterocycles. The topological polar surface area (TPSA) is 70.2 Å². The highest BCUT2D eigenvalue weighted by molar-refractivity contribution is 5.96. The van der Waals surface area contributed by atoms with Gasteiger partial charge in [-0.15, -0.1) is 0 Å². The predicted molar refractivity (Wildman–Crippen MR) is 130 cm³/mol. The summed E-state index contributed by atoms with van der Waals surface area (Å²) in [5.74, 6) is 2.26. The average Bonchev–Trinajstić information content (AvgIpc) is 2.72. The third-order valence-corrected chi connectivity index (χ3v) is 7.94. The highest BCUT2D eigenvalue weighted by Gasteiger charge is 2.51. The van der Waals surface area contributed by atoms with Gasteiger partial charge in [0.15, 0.2) is 0 Å². The van der Waals surface area contributed by atoms with E-state index in [9.17, 15) is 9.59 Å². The van der Waals surface area contributed by atoms with Crippen LogP contribution in [0.5, 0.6) is 0 Å². The van der Waals surface area contributed by atoms with Gasteiger partial charge < -0.3 is 5.32 Å². The Hall–Kier alpha value is -2.66. The number of carbonyl (C=O) groups is 2. The second kappa shape index (κ2) is 8.94. The minimum atomic E-state index is -0.674. The van der Waals surface area contributed by atoms with Gasteiger partial charge in [0.25, 0.3) is 0 Å². The van der Waals surface area contributed by atoms with Gasteiger partial charge in [-0.05, 0) is 104 Å². The van der Waals surface area contributed by atoms with Crippen molar-refractivity contribution in [3.05, 3.63) is 65.2 Å². The van der Waals surface area contributed by atoms with E-state index in [0.29, 0.717) is 6.42 Å². The molecule has 2 amide bonds. The molecule has 6 rings (SSSR count). The Labute approximate surface area is 196 Å². The van der Waals surface area contributed by atoms with E-state index in [1.807, 2.05) is 56.3 Å². The molecule has 174 valence electrons. The van der Waals surface area contributed by atoms with Gasteiger partial charge in [-0.3, -0.25) is 15.0 Å². The van der Waals surface area contributed by atoms with Crippen molar-refractivity contribution in [2.75, 3.05) is 5.32 Å². The van der Waals surface area contributed by atoms with Crippen LogP contribution >= 0.6 is 0 Å². The zero-order chi connectivity index (χ0) is 23.0. The molecule has 4 bridgehead atoms. The summed E-state index contributed by atoms with van der Waals surface area (Å²) in [6.07, 6.45) is 8.25. The van der Waals surface area contributed by atoms with Crippen molar-refractivity contribution >= 4 is 17.5 Å². The molecule has 2 aromatic rings. The second-order valence-electron chi connectivity index (χ2n) is 11.0. The molecule has 0 heterocycles. The Balaban J connectivity index is 1.26. The smallest absolute Gasteiger partial charge is 0.247 e. The average molecular weight is 446 g/mol. The number of rotatable bonds is 7. The van der Waals surface area contributed by atoms with Crippen LogP contribution in [-0.2, 0) is 9.59 Å². The number of carbonyl (C=O) groups excluding carboxylic acids is 2. The Kier molecular flexibility index (Phi) is 6.00. The first kappa shape index (κ1) is 22.1. The summed E-state index contributed by atoms with van der Waals surface area (Å²) < 4.78 is 0. The lowest BCUT2D eigenvalue weighted by atomic mass is 9.49. The van der Waals surface area contributed by atoms with E-state index >= 15 is 0 Å². The summed E-state index contributed by atoms with van der Waals surface area (Å²) in [6, 6.07) is 14.9. The molecule has 4 saturated carbocycles. The molecule has 0 spiro atoms. The predicted octanol–water partition coefficient (Wildman–Crippen LogP) is 5.21. The maximum Gasteiger partial charge on any atom is 0.247 e. The third-order valence-electron chi connectivity index (χ3n) is 7.94. The van der Waals surface area contributed by atoms with Gasteiger partial charge >= 0.3 is 0 Å². The van der Waals surface area contributed by atoms with Gasteiger partial charge in [-0.2, -0.15) is 0 Å². The lowest BCUT2D eigenvalue weighted by molar-refractivity contribution is -0.131. The summed E-state index contributed by atoms with van der Waals surface area (Å²) in [7, 11) is 0. The second-order valence-corrected chi connectivity index (χ2v) is 11.0. The van der Waals surface area contributed by atoms with Crippen molar-refractivity contribution in [2.24, 2.45) is 23.2 Å². The molecule has 2 aromatic carbocycles. The monoisotopic (exact) mass is 445 g/mol. The van der Waals surface area contributed by atoms with Crippen LogP contribution in [0, 0.1) is 37.0 Å². The Morgan fingerprint density at radius 3 is 2.06 bits per heavy atom. The molecule has 4 aliphatic carbocycles. The number of hydrogen-bond acceptors (Lipinski definition) is 3. The minimum absolute atomic E-state index is 0.00270. The van der Waals surface area contributed by atoms with Crippen LogP contribution in [0.15, 0.2) is 48.5 Å². The molecule has 5 nitrogen and oxygen atoms in total. The first-order chi connectivity index (χ1) is 15.9. The Bertz CT molecular complexity index is 977. The number of amides is 2. The highest BCUT2D eigenvalue weighted by atomic mass is 16.2. The zero-order valence-corrected chi connectivity index (χ0v) is 19.7. The maximum atomic E-state index is 13.2.